The van der Waals surface area contributed by atoms with Crippen molar-refractivity contribution in [2.45, 2.75) is 26.4 Å². The van der Waals surface area contributed by atoms with Gasteiger partial charge < -0.3 is 9.15 Å². The average molecular weight is 344 g/mol. The van der Waals surface area contributed by atoms with Gasteiger partial charge in [0.25, 0.3) is 0 Å². The Morgan fingerprint density at radius 1 is 1.00 bits per heavy atom. The molecular formula is C22H20N2O2. The van der Waals surface area contributed by atoms with E-state index in [1.165, 1.54) is 5.56 Å². The van der Waals surface area contributed by atoms with E-state index >= 15 is 0 Å². The fraction of sp³-hybridized carbons (Fsp3) is 0.182. The van der Waals surface area contributed by atoms with Gasteiger partial charge in [-0.05, 0) is 41.8 Å². The predicted octanol–water partition coefficient (Wildman–Crippen LogP) is 5.42. The molecule has 0 amide bonds. The zero-order valence-corrected chi connectivity index (χ0v) is 14.7. The van der Waals surface area contributed by atoms with Crippen molar-refractivity contribution in [3.8, 4) is 17.2 Å². The summed E-state index contributed by atoms with van der Waals surface area (Å²) in [6.45, 7) is 2.72. The molecule has 4 heteroatoms. The molecule has 0 saturated carbocycles. The molecule has 0 saturated heterocycles. The van der Waals surface area contributed by atoms with Crippen LogP contribution >= 0.6 is 0 Å². The Morgan fingerprint density at radius 2 is 1.85 bits per heavy atom. The molecule has 4 nitrogen and oxygen atoms in total. The summed E-state index contributed by atoms with van der Waals surface area (Å²) in [7, 11) is 0. The number of oxazole rings is 1. The third-order valence-electron chi connectivity index (χ3n) is 4.23. The number of rotatable bonds is 6. The zero-order chi connectivity index (χ0) is 17.8. The zero-order valence-electron chi connectivity index (χ0n) is 14.7. The number of hydrogen-bond acceptors (Lipinski definition) is 4. The number of benzene rings is 2. The summed E-state index contributed by atoms with van der Waals surface area (Å²) in [5.74, 6) is 1.35. The molecule has 0 aliphatic carbocycles. The van der Waals surface area contributed by atoms with Crippen LogP contribution in [-0.4, -0.2) is 9.97 Å². The molecule has 2 heterocycles. The van der Waals surface area contributed by atoms with Crippen molar-refractivity contribution >= 4 is 11.1 Å². The van der Waals surface area contributed by atoms with Crippen molar-refractivity contribution in [1.82, 2.24) is 9.97 Å². The summed E-state index contributed by atoms with van der Waals surface area (Å²) in [5, 5.41) is 0. The smallest absolute Gasteiger partial charge is 0.228 e. The summed E-state index contributed by atoms with van der Waals surface area (Å²) in [5.41, 5.74) is 4.89. The summed E-state index contributed by atoms with van der Waals surface area (Å²) >= 11 is 0. The molecule has 4 rings (SSSR count). The van der Waals surface area contributed by atoms with Gasteiger partial charge in [-0.3, -0.25) is 4.98 Å². The minimum absolute atomic E-state index is 0.533. The van der Waals surface area contributed by atoms with Gasteiger partial charge in [0.2, 0.25) is 5.89 Å². The first-order chi connectivity index (χ1) is 12.8. The first-order valence-corrected chi connectivity index (χ1v) is 8.83. The van der Waals surface area contributed by atoms with Crippen LogP contribution in [0.4, 0.5) is 0 Å². The molecule has 2 aromatic heterocycles. The lowest BCUT2D eigenvalue weighted by atomic mass is 10.1. The number of nitrogens with zero attached hydrogens (tertiary/aromatic N) is 2. The van der Waals surface area contributed by atoms with Crippen molar-refractivity contribution in [1.29, 1.82) is 0 Å². The quantitative estimate of drug-likeness (QED) is 0.468. The SMILES string of the molecule is CCCc1ccc(COc2ccc3oc(-c4cccnc4)nc3c2)cc1. The van der Waals surface area contributed by atoms with Crippen LogP contribution in [-0.2, 0) is 13.0 Å². The van der Waals surface area contributed by atoms with Gasteiger partial charge in [-0.2, -0.15) is 0 Å². The molecule has 0 spiro atoms. The van der Waals surface area contributed by atoms with E-state index in [2.05, 4.69) is 41.2 Å². The lowest BCUT2D eigenvalue weighted by Crippen LogP contribution is -1.95. The van der Waals surface area contributed by atoms with E-state index in [4.69, 9.17) is 9.15 Å². The topological polar surface area (TPSA) is 48.2 Å². The van der Waals surface area contributed by atoms with E-state index in [9.17, 15) is 0 Å². The second-order valence-corrected chi connectivity index (χ2v) is 6.25. The van der Waals surface area contributed by atoms with Crippen molar-refractivity contribution < 1.29 is 9.15 Å². The van der Waals surface area contributed by atoms with Crippen LogP contribution in [0.15, 0.2) is 71.4 Å². The summed E-state index contributed by atoms with van der Waals surface area (Å²) in [4.78, 5) is 8.65. The Hall–Kier alpha value is -3.14. The van der Waals surface area contributed by atoms with E-state index in [1.54, 1.807) is 12.4 Å². The maximum absolute atomic E-state index is 5.92. The summed E-state index contributed by atoms with van der Waals surface area (Å²) in [6, 6.07) is 18.1. The lowest BCUT2D eigenvalue weighted by Gasteiger charge is -2.07. The molecule has 0 bridgehead atoms. The highest BCUT2D eigenvalue weighted by Crippen LogP contribution is 2.26. The maximum atomic E-state index is 5.92. The Labute approximate surface area is 152 Å². The Morgan fingerprint density at radius 3 is 2.62 bits per heavy atom. The summed E-state index contributed by atoms with van der Waals surface area (Å²) in [6.07, 6.45) is 5.75. The minimum Gasteiger partial charge on any atom is -0.489 e. The fourth-order valence-electron chi connectivity index (χ4n) is 2.87. The Kier molecular flexibility index (Phi) is 4.65. The molecule has 0 aliphatic rings. The number of aromatic nitrogens is 2. The Balaban J connectivity index is 1.48. The highest BCUT2D eigenvalue weighted by molar-refractivity contribution is 5.77. The van der Waals surface area contributed by atoms with Crippen molar-refractivity contribution in [2.75, 3.05) is 0 Å². The number of fused-ring (bicyclic) bond motifs is 1. The molecule has 2 aromatic carbocycles. The second-order valence-electron chi connectivity index (χ2n) is 6.25. The van der Waals surface area contributed by atoms with Crippen LogP contribution < -0.4 is 4.74 Å². The van der Waals surface area contributed by atoms with Gasteiger partial charge in [-0.1, -0.05) is 37.6 Å². The second kappa shape index (κ2) is 7.40. The molecule has 0 atom stereocenters. The number of ether oxygens (including phenoxy) is 1. The van der Waals surface area contributed by atoms with Crippen LogP contribution in [0.5, 0.6) is 5.75 Å². The molecule has 130 valence electrons. The third-order valence-corrected chi connectivity index (χ3v) is 4.23. The van der Waals surface area contributed by atoms with Gasteiger partial charge in [0.1, 0.15) is 17.9 Å². The average Bonchev–Trinajstić information content (AvgIpc) is 3.12. The highest BCUT2D eigenvalue weighted by Gasteiger charge is 2.09. The van der Waals surface area contributed by atoms with Crippen molar-refractivity contribution in [3.05, 3.63) is 78.1 Å². The van der Waals surface area contributed by atoms with Crippen LogP contribution in [0.25, 0.3) is 22.6 Å². The van der Waals surface area contributed by atoms with E-state index in [1.807, 2.05) is 30.3 Å². The largest absolute Gasteiger partial charge is 0.489 e. The fourth-order valence-corrected chi connectivity index (χ4v) is 2.87. The van der Waals surface area contributed by atoms with Gasteiger partial charge in [-0.25, -0.2) is 4.98 Å². The summed E-state index contributed by atoms with van der Waals surface area (Å²) < 4.78 is 11.7. The van der Waals surface area contributed by atoms with Crippen LogP contribution in [0.1, 0.15) is 24.5 Å². The van der Waals surface area contributed by atoms with Gasteiger partial charge in [0, 0.05) is 18.5 Å². The maximum Gasteiger partial charge on any atom is 0.228 e. The molecule has 0 fully saturated rings. The van der Waals surface area contributed by atoms with Crippen LogP contribution in [0.3, 0.4) is 0 Å². The molecule has 0 unspecified atom stereocenters. The number of hydrogen-bond donors (Lipinski definition) is 0. The lowest BCUT2D eigenvalue weighted by molar-refractivity contribution is 0.306. The van der Waals surface area contributed by atoms with Crippen LogP contribution in [0.2, 0.25) is 0 Å². The standard InChI is InChI=1S/C22H20N2O2/c1-2-4-16-6-8-17(9-7-16)15-25-19-10-11-21-20(13-19)24-22(26-21)18-5-3-12-23-14-18/h3,5-14H,2,4,15H2,1H3. The van der Waals surface area contributed by atoms with Gasteiger partial charge in [0.05, 0.1) is 5.56 Å². The van der Waals surface area contributed by atoms with E-state index < -0.39 is 0 Å². The number of pyridine rings is 1. The van der Waals surface area contributed by atoms with Crippen LogP contribution in [0, 0.1) is 0 Å². The molecule has 0 radical (unpaired) electrons. The Bertz CT molecular complexity index is 992. The van der Waals surface area contributed by atoms with Gasteiger partial charge >= 0.3 is 0 Å². The predicted molar refractivity (Wildman–Crippen MR) is 102 cm³/mol. The first-order valence-electron chi connectivity index (χ1n) is 8.83. The normalized spacial score (nSPS) is 11.0. The van der Waals surface area contributed by atoms with E-state index in [-0.39, 0.29) is 0 Å². The molecule has 4 aromatic rings. The molecular weight excluding hydrogens is 324 g/mol. The highest BCUT2D eigenvalue weighted by atomic mass is 16.5. The molecule has 0 N–H and O–H groups in total. The minimum atomic E-state index is 0.533. The van der Waals surface area contributed by atoms with Gasteiger partial charge in [0.15, 0.2) is 5.58 Å². The van der Waals surface area contributed by atoms with E-state index in [0.29, 0.717) is 12.5 Å². The first kappa shape index (κ1) is 16.3. The monoisotopic (exact) mass is 344 g/mol. The van der Waals surface area contributed by atoms with Gasteiger partial charge in [-0.15, -0.1) is 0 Å². The number of aryl methyl sites for hydroxylation is 1. The van der Waals surface area contributed by atoms with Crippen molar-refractivity contribution in [2.24, 2.45) is 0 Å². The molecule has 26 heavy (non-hydrogen) atoms. The van der Waals surface area contributed by atoms with Crippen molar-refractivity contribution in [3.63, 3.8) is 0 Å². The third kappa shape index (κ3) is 3.59. The molecule has 0 aliphatic heterocycles. The van der Waals surface area contributed by atoms with E-state index in [0.717, 1.165) is 40.8 Å².